The van der Waals surface area contributed by atoms with Crippen LogP contribution in [-0.2, 0) is 4.79 Å². The summed E-state index contributed by atoms with van der Waals surface area (Å²) in [5.74, 6) is 1.53. The Bertz CT molecular complexity index is 883. The van der Waals surface area contributed by atoms with Gasteiger partial charge in [-0.15, -0.1) is 0 Å². The molecule has 1 heterocycles. The van der Waals surface area contributed by atoms with Crippen molar-refractivity contribution >= 4 is 27.5 Å². The van der Waals surface area contributed by atoms with E-state index in [1.54, 1.807) is 36.5 Å². The van der Waals surface area contributed by atoms with Gasteiger partial charge in [0.15, 0.2) is 6.61 Å². The molecule has 6 heteroatoms. The topological polar surface area (TPSA) is 60.5 Å². The van der Waals surface area contributed by atoms with Gasteiger partial charge in [-0.1, -0.05) is 22.0 Å². The van der Waals surface area contributed by atoms with Crippen LogP contribution in [-0.4, -0.2) is 17.5 Å². The third-order valence-corrected chi connectivity index (χ3v) is 4.01. The average molecular weight is 413 g/mol. The summed E-state index contributed by atoms with van der Waals surface area (Å²) < 4.78 is 12.1. The number of carbonyl (C=O) groups excluding carboxylic acids is 1. The first-order valence-corrected chi connectivity index (χ1v) is 8.77. The van der Waals surface area contributed by atoms with E-state index in [2.05, 4.69) is 26.2 Å². The van der Waals surface area contributed by atoms with Crippen molar-refractivity contribution in [3.8, 4) is 17.4 Å². The standard InChI is InChI=1S/C20H17BrN2O3/c1-14-12-15(21)5-10-18(14)23-19(24)13-25-16-6-8-17(9-7-16)26-20-4-2-3-11-22-20/h2-12H,13H2,1H3,(H,23,24). The summed E-state index contributed by atoms with van der Waals surface area (Å²) in [6.45, 7) is 1.86. The smallest absolute Gasteiger partial charge is 0.262 e. The molecule has 0 saturated heterocycles. The minimum Gasteiger partial charge on any atom is -0.484 e. The Morgan fingerprint density at radius 1 is 1.08 bits per heavy atom. The predicted octanol–water partition coefficient (Wildman–Crippen LogP) is 4.96. The summed E-state index contributed by atoms with van der Waals surface area (Å²) in [5.41, 5.74) is 1.74. The van der Waals surface area contributed by atoms with Gasteiger partial charge in [0.2, 0.25) is 5.88 Å². The number of ether oxygens (including phenoxy) is 2. The first kappa shape index (κ1) is 17.9. The van der Waals surface area contributed by atoms with E-state index in [-0.39, 0.29) is 12.5 Å². The van der Waals surface area contributed by atoms with Gasteiger partial charge < -0.3 is 14.8 Å². The predicted molar refractivity (Wildman–Crippen MR) is 104 cm³/mol. The molecule has 1 N–H and O–H groups in total. The Balaban J connectivity index is 1.52. The van der Waals surface area contributed by atoms with Crippen molar-refractivity contribution in [2.75, 3.05) is 11.9 Å². The third-order valence-electron chi connectivity index (χ3n) is 3.52. The second-order valence-electron chi connectivity index (χ2n) is 5.54. The zero-order chi connectivity index (χ0) is 18.4. The molecule has 0 aliphatic carbocycles. The SMILES string of the molecule is Cc1cc(Br)ccc1NC(=O)COc1ccc(Oc2ccccn2)cc1. The van der Waals surface area contributed by atoms with Crippen LogP contribution in [0.25, 0.3) is 0 Å². The maximum Gasteiger partial charge on any atom is 0.262 e. The molecule has 3 rings (SSSR count). The van der Waals surface area contributed by atoms with E-state index >= 15 is 0 Å². The molecular weight excluding hydrogens is 396 g/mol. The summed E-state index contributed by atoms with van der Waals surface area (Å²) >= 11 is 3.40. The molecule has 3 aromatic rings. The summed E-state index contributed by atoms with van der Waals surface area (Å²) in [4.78, 5) is 16.1. The minimum absolute atomic E-state index is 0.0735. The molecule has 0 unspecified atom stereocenters. The van der Waals surface area contributed by atoms with Crippen LogP contribution in [0.15, 0.2) is 71.3 Å². The zero-order valence-electron chi connectivity index (χ0n) is 14.1. The van der Waals surface area contributed by atoms with Crippen LogP contribution in [0.3, 0.4) is 0 Å². The molecule has 2 aromatic carbocycles. The molecule has 0 fully saturated rings. The summed E-state index contributed by atoms with van der Waals surface area (Å²) in [6.07, 6.45) is 1.67. The van der Waals surface area contributed by atoms with Gasteiger partial charge >= 0.3 is 0 Å². The summed E-state index contributed by atoms with van der Waals surface area (Å²) in [7, 11) is 0. The monoisotopic (exact) mass is 412 g/mol. The Hall–Kier alpha value is -2.86. The fraction of sp³-hybridized carbons (Fsp3) is 0.100. The lowest BCUT2D eigenvalue weighted by atomic mass is 10.2. The number of nitrogens with one attached hydrogen (secondary N) is 1. The molecule has 1 amide bonds. The van der Waals surface area contributed by atoms with Crippen LogP contribution < -0.4 is 14.8 Å². The van der Waals surface area contributed by atoms with Crippen LogP contribution in [0.5, 0.6) is 17.4 Å². The highest BCUT2D eigenvalue weighted by atomic mass is 79.9. The van der Waals surface area contributed by atoms with Crippen LogP contribution in [0, 0.1) is 6.92 Å². The van der Waals surface area contributed by atoms with Gasteiger partial charge in [0, 0.05) is 22.4 Å². The fourth-order valence-electron chi connectivity index (χ4n) is 2.23. The number of carbonyl (C=O) groups is 1. The largest absolute Gasteiger partial charge is 0.484 e. The van der Waals surface area contributed by atoms with Gasteiger partial charge in [0.05, 0.1) is 0 Å². The van der Waals surface area contributed by atoms with Crippen LogP contribution >= 0.6 is 15.9 Å². The van der Waals surface area contributed by atoms with E-state index in [0.29, 0.717) is 17.4 Å². The maximum atomic E-state index is 12.1. The molecule has 26 heavy (non-hydrogen) atoms. The van der Waals surface area contributed by atoms with E-state index in [1.807, 2.05) is 37.3 Å². The van der Waals surface area contributed by atoms with Crippen molar-refractivity contribution in [1.82, 2.24) is 4.98 Å². The van der Waals surface area contributed by atoms with E-state index in [9.17, 15) is 4.79 Å². The molecule has 0 saturated carbocycles. The van der Waals surface area contributed by atoms with E-state index in [4.69, 9.17) is 9.47 Å². The van der Waals surface area contributed by atoms with Gasteiger partial charge in [-0.25, -0.2) is 4.98 Å². The normalized spacial score (nSPS) is 10.2. The molecule has 0 atom stereocenters. The number of hydrogen-bond acceptors (Lipinski definition) is 4. The minimum atomic E-state index is -0.218. The molecule has 0 bridgehead atoms. The molecule has 1 aromatic heterocycles. The van der Waals surface area contributed by atoms with Crippen LogP contribution in [0.2, 0.25) is 0 Å². The molecular formula is C20H17BrN2O3. The molecule has 132 valence electrons. The quantitative estimate of drug-likeness (QED) is 0.621. The van der Waals surface area contributed by atoms with Gasteiger partial charge in [0.1, 0.15) is 11.5 Å². The van der Waals surface area contributed by atoms with Gasteiger partial charge in [-0.3, -0.25) is 4.79 Å². The molecule has 5 nitrogen and oxygen atoms in total. The first-order chi connectivity index (χ1) is 12.6. The van der Waals surface area contributed by atoms with Gasteiger partial charge in [-0.05, 0) is 61.0 Å². The second-order valence-corrected chi connectivity index (χ2v) is 6.45. The van der Waals surface area contributed by atoms with Crippen molar-refractivity contribution in [3.05, 3.63) is 76.9 Å². The summed E-state index contributed by atoms with van der Waals surface area (Å²) in [6, 6.07) is 18.1. The van der Waals surface area contributed by atoms with Gasteiger partial charge in [-0.2, -0.15) is 0 Å². The van der Waals surface area contributed by atoms with Crippen molar-refractivity contribution in [3.63, 3.8) is 0 Å². The highest BCUT2D eigenvalue weighted by Gasteiger charge is 2.07. The number of amides is 1. The number of aromatic nitrogens is 1. The van der Waals surface area contributed by atoms with Crippen molar-refractivity contribution in [2.24, 2.45) is 0 Å². The number of hydrogen-bond donors (Lipinski definition) is 1. The number of aryl methyl sites for hydroxylation is 1. The average Bonchev–Trinajstić information content (AvgIpc) is 2.64. The maximum absolute atomic E-state index is 12.1. The lowest BCUT2D eigenvalue weighted by molar-refractivity contribution is -0.118. The highest BCUT2D eigenvalue weighted by Crippen LogP contribution is 2.23. The molecule has 0 radical (unpaired) electrons. The number of benzene rings is 2. The zero-order valence-corrected chi connectivity index (χ0v) is 15.7. The Labute approximate surface area is 160 Å². The first-order valence-electron chi connectivity index (χ1n) is 7.98. The number of anilines is 1. The molecule has 0 aliphatic rings. The number of rotatable bonds is 6. The van der Waals surface area contributed by atoms with Crippen LogP contribution in [0.1, 0.15) is 5.56 Å². The Kier molecular flexibility index (Phi) is 5.86. The van der Waals surface area contributed by atoms with Gasteiger partial charge in [0.25, 0.3) is 5.91 Å². The number of nitrogens with zero attached hydrogens (tertiary/aromatic N) is 1. The van der Waals surface area contributed by atoms with Crippen molar-refractivity contribution < 1.29 is 14.3 Å². The summed E-state index contributed by atoms with van der Waals surface area (Å²) in [5, 5.41) is 2.83. The fourth-order valence-corrected chi connectivity index (χ4v) is 2.71. The van der Waals surface area contributed by atoms with E-state index in [0.717, 1.165) is 15.7 Å². The molecule has 0 spiro atoms. The van der Waals surface area contributed by atoms with Crippen molar-refractivity contribution in [1.29, 1.82) is 0 Å². The Morgan fingerprint density at radius 3 is 2.54 bits per heavy atom. The second kappa shape index (κ2) is 8.49. The van der Waals surface area contributed by atoms with Crippen molar-refractivity contribution in [2.45, 2.75) is 6.92 Å². The highest BCUT2D eigenvalue weighted by molar-refractivity contribution is 9.10. The van der Waals surface area contributed by atoms with E-state index < -0.39 is 0 Å². The number of halogens is 1. The molecule has 0 aliphatic heterocycles. The Morgan fingerprint density at radius 2 is 1.85 bits per heavy atom. The van der Waals surface area contributed by atoms with E-state index in [1.165, 1.54) is 0 Å². The number of pyridine rings is 1. The van der Waals surface area contributed by atoms with Crippen LogP contribution in [0.4, 0.5) is 5.69 Å². The third kappa shape index (κ3) is 5.07. The lowest BCUT2D eigenvalue weighted by Crippen LogP contribution is -2.20. The lowest BCUT2D eigenvalue weighted by Gasteiger charge is -2.10.